The van der Waals surface area contributed by atoms with Gasteiger partial charge < -0.3 is 15.8 Å². The fraction of sp³-hybridized carbons (Fsp3) is 0. The highest BCUT2D eigenvalue weighted by Gasteiger charge is 2.10. The number of hydrogen-bond acceptors (Lipinski definition) is 4. The number of fused-ring (bicyclic) bond motifs is 1. The minimum atomic E-state index is -1.17. The lowest BCUT2D eigenvalue weighted by Gasteiger charge is -2.01. The van der Waals surface area contributed by atoms with Gasteiger partial charge in [-0.1, -0.05) is 0 Å². The van der Waals surface area contributed by atoms with E-state index in [1.54, 1.807) is 0 Å². The van der Waals surface area contributed by atoms with E-state index in [4.69, 9.17) is 10.8 Å². The molecule has 2 rings (SSSR count). The molecule has 0 unspecified atom stereocenters. The molecular weight excluding hydrogens is 198 g/mol. The molecule has 0 bridgehead atoms. The van der Waals surface area contributed by atoms with Crippen molar-refractivity contribution in [2.75, 3.05) is 5.73 Å². The normalized spacial score (nSPS) is 10.4. The van der Waals surface area contributed by atoms with Crippen molar-refractivity contribution in [3.63, 3.8) is 0 Å². The van der Waals surface area contributed by atoms with Crippen molar-refractivity contribution in [3.8, 4) is 0 Å². The van der Waals surface area contributed by atoms with Crippen LogP contribution in [0, 0.1) is 0 Å². The molecule has 0 aliphatic heterocycles. The number of H-pyrrole nitrogens is 1. The highest BCUT2D eigenvalue weighted by molar-refractivity contribution is 6.01. The molecule has 15 heavy (non-hydrogen) atoms. The van der Waals surface area contributed by atoms with Gasteiger partial charge in [0.05, 0.1) is 5.56 Å². The second-order valence-corrected chi connectivity index (χ2v) is 2.98. The molecule has 2 aromatic rings. The number of nitrogen functional groups attached to an aromatic ring is 1. The van der Waals surface area contributed by atoms with Gasteiger partial charge in [-0.15, -0.1) is 0 Å². The van der Waals surface area contributed by atoms with Crippen molar-refractivity contribution in [2.45, 2.75) is 0 Å². The van der Waals surface area contributed by atoms with Crippen LogP contribution < -0.4 is 11.3 Å². The number of pyridine rings is 2. The number of carboxylic acid groups (broad SMARTS) is 1. The van der Waals surface area contributed by atoms with Crippen molar-refractivity contribution in [2.24, 2.45) is 0 Å². The SMILES string of the molecule is Nc1ccc2c(C(=O)O)cc(=O)[nH]c2n1. The van der Waals surface area contributed by atoms with Gasteiger partial charge >= 0.3 is 5.97 Å². The monoisotopic (exact) mass is 205 g/mol. The van der Waals surface area contributed by atoms with E-state index in [0.717, 1.165) is 6.07 Å². The summed E-state index contributed by atoms with van der Waals surface area (Å²) in [4.78, 5) is 28.2. The van der Waals surface area contributed by atoms with Crippen molar-refractivity contribution in [3.05, 3.63) is 34.1 Å². The van der Waals surface area contributed by atoms with E-state index in [2.05, 4.69) is 9.97 Å². The fourth-order valence-corrected chi connectivity index (χ4v) is 1.33. The second-order valence-electron chi connectivity index (χ2n) is 2.98. The summed E-state index contributed by atoms with van der Waals surface area (Å²) in [5.41, 5.74) is 5.00. The first-order valence-electron chi connectivity index (χ1n) is 4.11. The predicted octanol–water partition coefficient (Wildman–Crippen LogP) is 0.204. The summed E-state index contributed by atoms with van der Waals surface area (Å²) in [6, 6.07) is 4.01. The zero-order chi connectivity index (χ0) is 11.0. The Morgan fingerprint density at radius 1 is 1.47 bits per heavy atom. The molecule has 0 atom stereocenters. The Bertz CT molecular complexity index is 603. The van der Waals surface area contributed by atoms with E-state index in [1.165, 1.54) is 12.1 Å². The van der Waals surface area contributed by atoms with E-state index < -0.39 is 11.5 Å². The molecule has 0 saturated carbocycles. The molecule has 0 aromatic carbocycles. The Kier molecular flexibility index (Phi) is 1.89. The summed E-state index contributed by atoms with van der Waals surface area (Å²) >= 11 is 0. The largest absolute Gasteiger partial charge is 0.478 e. The Labute approximate surface area is 83.4 Å². The number of nitrogens with zero attached hydrogens (tertiary/aromatic N) is 1. The lowest BCUT2D eigenvalue weighted by Crippen LogP contribution is -2.11. The molecule has 0 spiro atoms. The molecular formula is C9H7N3O3. The first-order chi connectivity index (χ1) is 7.08. The topological polar surface area (TPSA) is 109 Å². The van der Waals surface area contributed by atoms with Gasteiger partial charge in [0, 0.05) is 11.5 Å². The molecule has 0 aliphatic rings. The van der Waals surface area contributed by atoms with Crippen molar-refractivity contribution < 1.29 is 9.90 Å². The molecule has 0 saturated heterocycles. The summed E-state index contributed by atoms with van der Waals surface area (Å²) < 4.78 is 0. The van der Waals surface area contributed by atoms with E-state index in [1.807, 2.05) is 0 Å². The lowest BCUT2D eigenvalue weighted by atomic mass is 10.1. The number of aromatic amines is 1. The number of carbonyl (C=O) groups is 1. The molecule has 0 aliphatic carbocycles. The van der Waals surface area contributed by atoms with Crippen LogP contribution in [-0.4, -0.2) is 21.0 Å². The lowest BCUT2D eigenvalue weighted by molar-refractivity contribution is 0.0699. The molecule has 6 nitrogen and oxygen atoms in total. The third-order valence-electron chi connectivity index (χ3n) is 1.95. The predicted molar refractivity (Wildman–Crippen MR) is 53.7 cm³/mol. The average molecular weight is 205 g/mol. The smallest absolute Gasteiger partial charge is 0.336 e. The summed E-state index contributed by atoms with van der Waals surface area (Å²) in [6.07, 6.45) is 0. The number of rotatable bonds is 1. The van der Waals surface area contributed by atoms with Crippen LogP contribution in [0.3, 0.4) is 0 Å². The first-order valence-corrected chi connectivity index (χ1v) is 4.11. The van der Waals surface area contributed by atoms with Gasteiger partial charge in [-0.25, -0.2) is 9.78 Å². The van der Waals surface area contributed by atoms with Crippen LogP contribution in [0.15, 0.2) is 23.0 Å². The van der Waals surface area contributed by atoms with Crippen LogP contribution in [0.5, 0.6) is 0 Å². The van der Waals surface area contributed by atoms with Crippen LogP contribution in [0.2, 0.25) is 0 Å². The number of carboxylic acids is 1. The molecule has 4 N–H and O–H groups in total. The van der Waals surface area contributed by atoms with Crippen LogP contribution in [0.4, 0.5) is 5.82 Å². The summed E-state index contributed by atoms with van der Waals surface area (Å²) in [6.45, 7) is 0. The maximum atomic E-state index is 11.1. The van der Waals surface area contributed by atoms with Crippen molar-refractivity contribution in [1.29, 1.82) is 0 Å². The van der Waals surface area contributed by atoms with Crippen LogP contribution >= 0.6 is 0 Å². The van der Waals surface area contributed by atoms with Gasteiger partial charge in [0.1, 0.15) is 11.5 Å². The van der Waals surface area contributed by atoms with Gasteiger partial charge in [0.15, 0.2) is 0 Å². The second kappa shape index (κ2) is 3.09. The zero-order valence-electron chi connectivity index (χ0n) is 7.52. The van der Waals surface area contributed by atoms with Gasteiger partial charge in [-0.05, 0) is 12.1 Å². The summed E-state index contributed by atoms with van der Waals surface area (Å²) in [5.74, 6) is -0.946. The van der Waals surface area contributed by atoms with E-state index >= 15 is 0 Å². The molecule has 76 valence electrons. The number of aromatic nitrogens is 2. The standard InChI is InChI=1S/C9H7N3O3/c10-6-2-1-4-5(9(14)15)3-7(13)12-8(4)11-6/h1-3H,(H,14,15)(H3,10,11,12,13). The fourth-order valence-electron chi connectivity index (χ4n) is 1.33. The van der Waals surface area contributed by atoms with E-state index in [0.29, 0.717) is 5.39 Å². The number of hydrogen-bond donors (Lipinski definition) is 3. The van der Waals surface area contributed by atoms with Gasteiger partial charge in [-0.2, -0.15) is 0 Å². The number of aromatic carboxylic acids is 1. The Morgan fingerprint density at radius 2 is 2.20 bits per heavy atom. The Morgan fingerprint density at radius 3 is 2.87 bits per heavy atom. The molecule has 0 fully saturated rings. The Hall–Kier alpha value is -2.37. The molecule has 0 amide bonds. The highest BCUT2D eigenvalue weighted by atomic mass is 16.4. The quantitative estimate of drug-likeness (QED) is 0.616. The molecule has 2 aromatic heterocycles. The van der Waals surface area contributed by atoms with Crippen LogP contribution in [0.1, 0.15) is 10.4 Å². The van der Waals surface area contributed by atoms with E-state index in [-0.39, 0.29) is 17.0 Å². The van der Waals surface area contributed by atoms with Gasteiger partial charge in [-0.3, -0.25) is 4.79 Å². The van der Waals surface area contributed by atoms with Crippen molar-refractivity contribution in [1.82, 2.24) is 9.97 Å². The highest BCUT2D eigenvalue weighted by Crippen LogP contribution is 2.14. The summed E-state index contributed by atoms with van der Waals surface area (Å²) in [5, 5.41) is 9.22. The third kappa shape index (κ3) is 1.52. The Balaban J connectivity index is 2.92. The number of nitrogens with two attached hydrogens (primary N) is 1. The molecule has 6 heteroatoms. The maximum Gasteiger partial charge on any atom is 0.336 e. The molecule has 2 heterocycles. The van der Waals surface area contributed by atoms with Crippen LogP contribution in [0.25, 0.3) is 11.0 Å². The summed E-state index contributed by atoms with van der Waals surface area (Å²) in [7, 11) is 0. The molecule has 0 radical (unpaired) electrons. The number of anilines is 1. The third-order valence-corrected chi connectivity index (χ3v) is 1.95. The maximum absolute atomic E-state index is 11.1. The minimum absolute atomic E-state index is 0.0822. The van der Waals surface area contributed by atoms with Gasteiger partial charge in [0.25, 0.3) is 0 Å². The minimum Gasteiger partial charge on any atom is -0.478 e. The van der Waals surface area contributed by atoms with E-state index in [9.17, 15) is 9.59 Å². The van der Waals surface area contributed by atoms with Crippen LogP contribution in [-0.2, 0) is 0 Å². The van der Waals surface area contributed by atoms with Crippen molar-refractivity contribution >= 4 is 22.8 Å². The average Bonchev–Trinajstić information content (AvgIpc) is 2.15. The zero-order valence-corrected chi connectivity index (χ0v) is 7.52. The van der Waals surface area contributed by atoms with Gasteiger partial charge in [0.2, 0.25) is 5.56 Å². The first kappa shape index (κ1) is 9.20. The number of nitrogens with one attached hydrogen (secondary N) is 1.